The Morgan fingerprint density at radius 3 is 2.48 bits per heavy atom. The highest BCUT2D eigenvalue weighted by atomic mass is 19.1. The molecule has 1 aromatic carbocycles. The molecule has 0 aliphatic heterocycles. The van der Waals surface area contributed by atoms with E-state index in [-0.39, 0.29) is 5.82 Å². The van der Waals surface area contributed by atoms with E-state index in [2.05, 4.69) is 15.3 Å². The molecule has 2 aromatic rings. The minimum absolute atomic E-state index is 0.295. The van der Waals surface area contributed by atoms with Crippen molar-refractivity contribution in [2.24, 2.45) is 0 Å². The SMILES string of the molecule is COc1cc(F)c(CNc2nc(C)ncc2C)cc1OC. The van der Waals surface area contributed by atoms with Crippen molar-refractivity contribution in [1.82, 2.24) is 9.97 Å². The second-order valence-electron chi connectivity index (χ2n) is 4.60. The van der Waals surface area contributed by atoms with E-state index < -0.39 is 0 Å². The third-order valence-corrected chi connectivity index (χ3v) is 3.09. The Hall–Kier alpha value is -2.37. The summed E-state index contributed by atoms with van der Waals surface area (Å²) in [6.45, 7) is 4.00. The average molecular weight is 291 g/mol. The minimum atomic E-state index is -0.358. The first kappa shape index (κ1) is 15.0. The van der Waals surface area contributed by atoms with Crippen LogP contribution in [0.2, 0.25) is 0 Å². The predicted octanol–water partition coefficient (Wildman–Crippen LogP) is 2.86. The molecule has 0 unspecified atom stereocenters. The summed E-state index contributed by atoms with van der Waals surface area (Å²) in [5.74, 6) is 1.86. The molecule has 0 bridgehead atoms. The van der Waals surface area contributed by atoms with E-state index >= 15 is 0 Å². The Morgan fingerprint density at radius 2 is 1.81 bits per heavy atom. The highest BCUT2D eigenvalue weighted by Crippen LogP contribution is 2.30. The largest absolute Gasteiger partial charge is 0.493 e. The molecule has 5 nitrogen and oxygen atoms in total. The van der Waals surface area contributed by atoms with Crippen molar-refractivity contribution in [3.8, 4) is 11.5 Å². The number of anilines is 1. The molecule has 0 saturated carbocycles. The molecule has 2 rings (SSSR count). The summed E-state index contributed by atoms with van der Waals surface area (Å²) >= 11 is 0. The summed E-state index contributed by atoms with van der Waals surface area (Å²) in [4.78, 5) is 8.39. The maximum Gasteiger partial charge on any atom is 0.163 e. The van der Waals surface area contributed by atoms with Crippen LogP contribution >= 0.6 is 0 Å². The molecule has 6 heteroatoms. The van der Waals surface area contributed by atoms with Gasteiger partial charge in [0.25, 0.3) is 0 Å². The molecule has 1 heterocycles. The highest BCUT2D eigenvalue weighted by Gasteiger charge is 2.11. The summed E-state index contributed by atoms with van der Waals surface area (Å²) in [7, 11) is 2.99. The third-order valence-electron chi connectivity index (χ3n) is 3.09. The van der Waals surface area contributed by atoms with E-state index in [4.69, 9.17) is 9.47 Å². The molecular formula is C15H18FN3O2. The number of hydrogen-bond donors (Lipinski definition) is 1. The van der Waals surface area contributed by atoms with E-state index in [9.17, 15) is 4.39 Å². The van der Waals surface area contributed by atoms with Gasteiger partial charge in [-0.25, -0.2) is 14.4 Å². The van der Waals surface area contributed by atoms with Gasteiger partial charge in [0.2, 0.25) is 0 Å². The van der Waals surface area contributed by atoms with Crippen LogP contribution in [0.4, 0.5) is 10.2 Å². The van der Waals surface area contributed by atoms with Crippen LogP contribution in [0.15, 0.2) is 18.3 Å². The van der Waals surface area contributed by atoms with Gasteiger partial charge in [-0.2, -0.15) is 0 Å². The van der Waals surface area contributed by atoms with E-state index in [1.165, 1.54) is 20.3 Å². The zero-order chi connectivity index (χ0) is 15.4. The fraction of sp³-hybridized carbons (Fsp3) is 0.333. The number of benzene rings is 1. The fourth-order valence-corrected chi connectivity index (χ4v) is 1.92. The van der Waals surface area contributed by atoms with Crippen LogP contribution in [-0.2, 0) is 6.54 Å². The van der Waals surface area contributed by atoms with Crippen LogP contribution in [0.25, 0.3) is 0 Å². The number of nitrogens with zero attached hydrogens (tertiary/aromatic N) is 2. The molecule has 0 spiro atoms. The monoisotopic (exact) mass is 291 g/mol. The second-order valence-corrected chi connectivity index (χ2v) is 4.60. The molecule has 0 fully saturated rings. The molecule has 112 valence electrons. The summed E-state index contributed by atoms with van der Waals surface area (Å²) in [6.07, 6.45) is 1.73. The summed E-state index contributed by atoms with van der Waals surface area (Å²) in [5.41, 5.74) is 1.38. The lowest BCUT2D eigenvalue weighted by atomic mass is 10.2. The van der Waals surface area contributed by atoms with Gasteiger partial charge < -0.3 is 14.8 Å². The number of methoxy groups -OCH3 is 2. The summed E-state index contributed by atoms with van der Waals surface area (Å²) in [6, 6.07) is 2.93. The van der Waals surface area contributed by atoms with Crippen molar-refractivity contribution in [3.63, 3.8) is 0 Å². The molecule has 0 amide bonds. The zero-order valence-electron chi connectivity index (χ0n) is 12.5. The lowest BCUT2D eigenvalue weighted by Crippen LogP contribution is -2.07. The van der Waals surface area contributed by atoms with Crippen LogP contribution in [0, 0.1) is 19.7 Å². The highest BCUT2D eigenvalue weighted by molar-refractivity contribution is 5.46. The van der Waals surface area contributed by atoms with Crippen LogP contribution in [0.5, 0.6) is 11.5 Å². The molecule has 21 heavy (non-hydrogen) atoms. The first-order chi connectivity index (χ1) is 10.0. The van der Waals surface area contributed by atoms with Gasteiger partial charge in [-0.3, -0.25) is 0 Å². The van der Waals surface area contributed by atoms with Gasteiger partial charge in [-0.15, -0.1) is 0 Å². The van der Waals surface area contributed by atoms with Crippen LogP contribution in [0.1, 0.15) is 17.0 Å². The summed E-state index contributed by atoms with van der Waals surface area (Å²) < 4.78 is 24.3. The number of ether oxygens (including phenoxy) is 2. The number of halogens is 1. The maximum absolute atomic E-state index is 14.0. The molecule has 0 aliphatic rings. The first-order valence-corrected chi connectivity index (χ1v) is 6.49. The second kappa shape index (κ2) is 6.39. The lowest BCUT2D eigenvalue weighted by Gasteiger charge is -2.13. The fourth-order valence-electron chi connectivity index (χ4n) is 1.92. The smallest absolute Gasteiger partial charge is 0.163 e. The van der Waals surface area contributed by atoms with Crippen molar-refractivity contribution >= 4 is 5.82 Å². The van der Waals surface area contributed by atoms with Gasteiger partial charge in [0.1, 0.15) is 17.5 Å². The van der Waals surface area contributed by atoms with E-state index in [0.717, 1.165) is 5.56 Å². The van der Waals surface area contributed by atoms with Crippen molar-refractivity contribution in [2.45, 2.75) is 20.4 Å². The Labute approximate surface area is 123 Å². The Bertz CT molecular complexity index is 647. The van der Waals surface area contributed by atoms with Gasteiger partial charge in [0.15, 0.2) is 11.5 Å². The topological polar surface area (TPSA) is 56.3 Å². The van der Waals surface area contributed by atoms with Crippen LogP contribution in [0.3, 0.4) is 0 Å². The van der Waals surface area contributed by atoms with E-state index in [0.29, 0.717) is 35.2 Å². The van der Waals surface area contributed by atoms with Crippen LogP contribution < -0.4 is 14.8 Å². The quantitative estimate of drug-likeness (QED) is 0.918. The molecule has 0 radical (unpaired) electrons. The molecule has 1 aromatic heterocycles. The van der Waals surface area contributed by atoms with Gasteiger partial charge in [0.05, 0.1) is 14.2 Å². The summed E-state index contributed by atoms with van der Waals surface area (Å²) in [5, 5.41) is 3.11. The Morgan fingerprint density at radius 1 is 1.14 bits per heavy atom. The average Bonchev–Trinajstić information content (AvgIpc) is 2.48. The van der Waals surface area contributed by atoms with E-state index in [1.807, 2.05) is 13.8 Å². The van der Waals surface area contributed by atoms with Crippen LogP contribution in [-0.4, -0.2) is 24.2 Å². The maximum atomic E-state index is 14.0. The van der Waals surface area contributed by atoms with Crippen molar-refractivity contribution in [3.05, 3.63) is 41.1 Å². The number of hydrogen-bond acceptors (Lipinski definition) is 5. The van der Waals surface area contributed by atoms with E-state index in [1.54, 1.807) is 12.3 Å². The molecule has 0 atom stereocenters. The minimum Gasteiger partial charge on any atom is -0.493 e. The molecule has 0 aliphatic carbocycles. The number of aryl methyl sites for hydroxylation is 2. The number of rotatable bonds is 5. The standard InChI is InChI=1S/C15H18FN3O2/c1-9-7-17-10(2)19-15(9)18-8-11-5-13(20-3)14(21-4)6-12(11)16/h5-7H,8H2,1-4H3,(H,17,18,19). The van der Waals surface area contributed by atoms with Gasteiger partial charge in [0, 0.05) is 29.9 Å². The van der Waals surface area contributed by atoms with Crippen molar-refractivity contribution < 1.29 is 13.9 Å². The molecule has 0 saturated heterocycles. The Balaban J connectivity index is 2.21. The molecule has 1 N–H and O–H groups in total. The lowest BCUT2D eigenvalue weighted by molar-refractivity contribution is 0.351. The normalized spacial score (nSPS) is 10.3. The van der Waals surface area contributed by atoms with Gasteiger partial charge in [-0.05, 0) is 19.9 Å². The molecular weight excluding hydrogens is 273 g/mol. The van der Waals surface area contributed by atoms with Crippen molar-refractivity contribution in [1.29, 1.82) is 0 Å². The first-order valence-electron chi connectivity index (χ1n) is 6.49. The third kappa shape index (κ3) is 3.39. The number of aromatic nitrogens is 2. The van der Waals surface area contributed by atoms with Gasteiger partial charge in [-0.1, -0.05) is 0 Å². The van der Waals surface area contributed by atoms with Gasteiger partial charge >= 0.3 is 0 Å². The van der Waals surface area contributed by atoms with Crippen molar-refractivity contribution in [2.75, 3.05) is 19.5 Å². The zero-order valence-corrected chi connectivity index (χ0v) is 12.5. The Kier molecular flexibility index (Phi) is 4.57. The predicted molar refractivity (Wildman–Crippen MR) is 78.3 cm³/mol. The number of nitrogens with one attached hydrogen (secondary N) is 1.